The number of carbonyl (C=O) groups is 1. The standard InChI is InChI=1S/C20H22FN3O4/c1-14(25)16-4-5-18(19(12-16)24(26)27)23-9-7-22(8-10-23)13-15-3-6-20(28-2)17(21)11-15/h3-6,11-12H,7-10,13H2,1-2H3. The normalized spacial score (nSPS) is 14.8. The Morgan fingerprint density at radius 2 is 1.89 bits per heavy atom. The second-order valence-corrected chi connectivity index (χ2v) is 6.75. The number of piperazine rings is 1. The molecular formula is C20H22FN3O4. The SMILES string of the molecule is COc1ccc(CN2CCN(c3ccc(C(C)=O)cc3[N+](=O)[O-])CC2)cc1F. The van der Waals surface area contributed by atoms with Gasteiger partial charge in [0.15, 0.2) is 17.3 Å². The Morgan fingerprint density at radius 3 is 2.46 bits per heavy atom. The molecule has 1 fully saturated rings. The fourth-order valence-electron chi connectivity index (χ4n) is 3.37. The van der Waals surface area contributed by atoms with Gasteiger partial charge in [-0.1, -0.05) is 6.07 Å². The van der Waals surface area contributed by atoms with Crippen LogP contribution in [0.15, 0.2) is 36.4 Å². The fourth-order valence-corrected chi connectivity index (χ4v) is 3.37. The number of ketones is 1. The van der Waals surface area contributed by atoms with E-state index >= 15 is 0 Å². The highest BCUT2D eigenvalue weighted by Crippen LogP contribution is 2.30. The van der Waals surface area contributed by atoms with Crippen LogP contribution in [0, 0.1) is 15.9 Å². The Hall–Kier alpha value is -3.00. The van der Waals surface area contributed by atoms with Gasteiger partial charge in [0.05, 0.1) is 12.0 Å². The van der Waals surface area contributed by atoms with Crippen LogP contribution in [-0.4, -0.2) is 48.9 Å². The highest BCUT2D eigenvalue weighted by molar-refractivity contribution is 5.95. The smallest absolute Gasteiger partial charge is 0.293 e. The van der Waals surface area contributed by atoms with E-state index in [1.54, 1.807) is 18.2 Å². The van der Waals surface area contributed by atoms with Crippen LogP contribution < -0.4 is 9.64 Å². The lowest BCUT2D eigenvalue weighted by molar-refractivity contribution is -0.384. The molecule has 7 nitrogen and oxygen atoms in total. The number of nitro benzene ring substituents is 1. The van der Waals surface area contributed by atoms with Crippen molar-refractivity contribution < 1.29 is 18.8 Å². The zero-order valence-electron chi connectivity index (χ0n) is 15.9. The van der Waals surface area contributed by atoms with E-state index < -0.39 is 4.92 Å². The van der Waals surface area contributed by atoms with Crippen molar-refractivity contribution in [2.75, 3.05) is 38.2 Å². The first kappa shape index (κ1) is 19.8. The van der Waals surface area contributed by atoms with Crippen molar-refractivity contribution >= 4 is 17.2 Å². The third-order valence-corrected chi connectivity index (χ3v) is 4.91. The number of hydrogen-bond donors (Lipinski definition) is 0. The molecule has 3 rings (SSSR count). The second kappa shape index (κ2) is 8.35. The maximum absolute atomic E-state index is 13.9. The molecule has 1 aliphatic heterocycles. The zero-order valence-corrected chi connectivity index (χ0v) is 15.9. The molecule has 1 heterocycles. The van der Waals surface area contributed by atoms with Gasteiger partial charge in [-0.2, -0.15) is 0 Å². The van der Waals surface area contributed by atoms with Crippen LogP contribution in [0.25, 0.3) is 0 Å². The highest BCUT2D eigenvalue weighted by Gasteiger charge is 2.24. The van der Waals surface area contributed by atoms with Crippen LogP contribution in [-0.2, 0) is 6.54 Å². The Bertz CT molecular complexity index is 895. The minimum Gasteiger partial charge on any atom is -0.494 e. The third kappa shape index (κ3) is 4.28. The zero-order chi connectivity index (χ0) is 20.3. The van der Waals surface area contributed by atoms with Crippen LogP contribution in [0.4, 0.5) is 15.8 Å². The average molecular weight is 387 g/mol. The molecule has 0 aliphatic carbocycles. The number of carbonyl (C=O) groups excluding carboxylic acids is 1. The molecular weight excluding hydrogens is 365 g/mol. The van der Waals surface area contributed by atoms with Gasteiger partial charge in [0.2, 0.25) is 0 Å². The maximum Gasteiger partial charge on any atom is 0.293 e. The van der Waals surface area contributed by atoms with Crippen molar-refractivity contribution in [1.82, 2.24) is 4.90 Å². The van der Waals surface area contributed by atoms with Crippen LogP contribution in [0.5, 0.6) is 5.75 Å². The molecule has 0 bridgehead atoms. The highest BCUT2D eigenvalue weighted by atomic mass is 19.1. The molecule has 2 aromatic rings. The van der Waals surface area contributed by atoms with Crippen LogP contribution >= 0.6 is 0 Å². The Morgan fingerprint density at radius 1 is 1.18 bits per heavy atom. The van der Waals surface area contributed by atoms with E-state index in [0.717, 1.165) is 5.56 Å². The molecule has 0 spiro atoms. The van der Waals surface area contributed by atoms with E-state index in [1.165, 1.54) is 26.2 Å². The number of methoxy groups -OCH3 is 1. The van der Waals surface area contributed by atoms with Crippen molar-refractivity contribution in [3.05, 3.63) is 63.5 Å². The predicted molar refractivity (Wildman–Crippen MR) is 104 cm³/mol. The van der Waals surface area contributed by atoms with Crippen molar-refractivity contribution in [3.63, 3.8) is 0 Å². The maximum atomic E-state index is 13.9. The summed E-state index contributed by atoms with van der Waals surface area (Å²) in [6.45, 7) is 4.59. The van der Waals surface area contributed by atoms with Crippen molar-refractivity contribution in [2.24, 2.45) is 0 Å². The molecule has 0 aromatic heterocycles. The van der Waals surface area contributed by atoms with E-state index in [1.807, 2.05) is 11.0 Å². The molecule has 0 radical (unpaired) electrons. The van der Waals surface area contributed by atoms with Gasteiger partial charge >= 0.3 is 0 Å². The summed E-state index contributed by atoms with van der Waals surface area (Å²) in [6, 6.07) is 9.52. The molecule has 1 saturated heterocycles. The van der Waals surface area contributed by atoms with Gasteiger partial charge in [-0.25, -0.2) is 4.39 Å². The van der Waals surface area contributed by atoms with E-state index in [-0.39, 0.29) is 23.0 Å². The summed E-state index contributed by atoms with van der Waals surface area (Å²) in [5, 5.41) is 11.4. The summed E-state index contributed by atoms with van der Waals surface area (Å²) >= 11 is 0. The van der Waals surface area contributed by atoms with Gasteiger partial charge in [-0.15, -0.1) is 0 Å². The van der Waals surface area contributed by atoms with Gasteiger partial charge in [0.25, 0.3) is 5.69 Å². The summed E-state index contributed by atoms with van der Waals surface area (Å²) < 4.78 is 18.8. The largest absolute Gasteiger partial charge is 0.494 e. The van der Waals surface area contributed by atoms with E-state index in [4.69, 9.17) is 4.74 Å². The molecule has 0 amide bonds. The quantitative estimate of drug-likeness (QED) is 0.430. The van der Waals surface area contributed by atoms with Gasteiger partial charge in [-0.05, 0) is 36.8 Å². The summed E-state index contributed by atoms with van der Waals surface area (Å²) in [6.07, 6.45) is 0. The van der Waals surface area contributed by atoms with Crippen molar-refractivity contribution in [2.45, 2.75) is 13.5 Å². The first-order valence-electron chi connectivity index (χ1n) is 8.98. The molecule has 8 heteroatoms. The molecule has 148 valence electrons. The van der Waals surface area contributed by atoms with Crippen LogP contribution in [0.2, 0.25) is 0 Å². The summed E-state index contributed by atoms with van der Waals surface area (Å²) in [5.41, 5.74) is 1.64. The number of benzene rings is 2. The lowest BCUT2D eigenvalue weighted by Gasteiger charge is -2.35. The number of nitro groups is 1. The second-order valence-electron chi connectivity index (χ2n) is 6.75. The minimum atomic E-state index is -0.450. The number of halogens is 1. The topological polar surface area (TPSA) is 75.9 Å². The summed E-state index contributed by atoms with van der Waals surface area (Å²) in [4.78, 5) is 26.6. The number of anilines is 1. The molecule has 0 N–H and O–H groups in total. The first-order chi connectivity index (χ1) is 13.4. The fraction of sp³-hybridized carbons (Fsp3) is 0.350. The van der Waals surface area contributed by atoms with Gasteiger partial charge in [-0.3, -0.25) is 19.8 Å². The monoisotopic (exact) mass is 387 g/mol. The first-order valence-corrected chi connectivity index (χ1v) is 8.98. The number of rotatable bonds is 6. The Balaban J connectivity index is 1.68. The van der Waals surface area contributed by atoms with Gasteiger partial charge < -0.3 is 9.64 Å². The summed E-state index contributed by atoms with van der Waals surface area (Å²) in [5.74, 6) is -0.374. The number of hydrogen-bond acceptors (Lipinski definition) is 6. The summed E-state index contributed by atoms with van der Waals surface area (Å²) in [7, 11) is 1.43. The number of Topliss-reactive ketones (excluding diaryl/α,β-unsaturated/α-hetero) is 1. The van der Waals surface area contributed by atoms with Gasteiger partial charge in [0.1, 0.15) is 5.69 Å². The lowest BCUT2D eigenvalue weighted by Crippen LogP contribution is -2.46. The Kier molecular flexibility index (Phi) is 5.89. The molecule has 2 aromatic carbocycles. The van der Waals surface area contributed by atoms with E-state index in [0.29, 0.717) is 44.0 Å². The number of nitrogens with zero attached hydrogens (tertiary/aromatic N) is 3. The lowest BCUT2D eigenvalue weighted by atomic mass is 10.1. The van der Waals surface area contributed by atoms with Crippen LogP contribution in [0.1, 0.15) is 22.8 Å². The van der Waals surface area contributed by atoms with Crippen molar-refractivity contribution in [1.29, 1.82) is 0 Å². The molecule has 0 saturated carbocycles. The van der Waals surface area contributed by atoms with Crippen LogP contribution in [0.3, 0.4) is 0 Å². The minimum absolute atomic E-state index is 0.0571. The molecule has 28 heavy (non-hydrogen) atoms. The van der Waals surface area contributed by atoms with Gasteiger partial charge in [0, 0.05) is 44.4 Å². The van der Waals surface area contributed by atoms with E-state index in [2.05, 4.69) is 4.90 Å². The molecule has 0 atom stereocenters. The molecule has 1 aliphatic rings. The number of ether oxygens (including phenoxy) is 1. The third-order valence-electron chi connectivity index (χ3n) is 4.91. The van der Waals surface area contributed by atoms with E-state index in [9.17, 15) is 19.3 Å². The Labute approximate surface area is 162 Å². The predicted octanol–water partition coefficient (Wildman–Crippen LogP) is 3.27. The van der Waals surface area contributed by atoms with Crippen molar-refractivity contribution in [3.8, 4) is 5.75 Å². The molecule has 0 unspecified atom stereocenters. The average Bonchev–Trinajstić information content (AvgIpc) is 2.68.